The largest absolute Gasteiger partial charge is 0.396 e. The van der Waals surface area contributed by atoms with Crippen molar-refractivity contribution < 1.29 is 15.3 Å². The minimum atomic E-state index is -0.476. The van der Waals surface area contributed by atoms with Gasteiger partial charge in [0.1, 0.15) is 0 Å². The van der Waals surface area contributed by atoms with Crippen LogP contribution in [-0.4, -0.2) is 34.1 Å². The van der Waals surface area contributed by atoms with Crippen LogP contribution in [0.5, 0.6) is 0 Å². The third-order valence-electron chi connectivity index (χ3n) is 12.8. The number of aliphatic hydroxyl groups excluding tert-OH is 3. The smallest absolute Gasteiger partial charge is 0.0618 e. The van der Waals surface area contributed by atoms with E-state index in [-0.39, 0.29) is 40.3 Å². The van der Waals surface area contributed by atoms with Gasteiger partial charge in [0.05, 0.1) is 18.8 Å². The molecule has 2 spiro atoms. The summed E-state index contributed by atoms with van der Waals surface area (Å²) < 4.78 is 0. The summed E-state index contributed by atoms with van der Waals surface area (Å²) in [6, 6.07) is 0. The Morgan fingerprint density at radius 1 is 1.03 bits per heavy atom. The molecule has 186 valence electrons. The maximum Gasteiger partial charge on any atom is 0.0618 e. The predicted octanol–water partition coefficient (Wildman–Crippen LogP) is 5.89. The number of fused-ring (bicyclic) bond motifs is 2. The highest BCUT2D eigenvalue weighted by atomic mass is 16.3. The molecule has 5 rings (SSSR count). The van der Waals surface area contributed by atoms with Crippen molar-refractivity contribution in [2.75, 3.05) is 6.61 Å². The lowest BCUT2D eigenvalue weighted by Gasteiger charge is -2.64. The zero-order valence-electron chi connectivity index (χ0n) is 21.7. The molecule has 3 nitrogen and oxygen atoms in total. The van der Waals surface area contributed by atoms with Gasteiger partial charge in [-0.2, -0.15) is 0 Å². The Morgan fingerprint density at radius 2 is 1.76 bits per heavy atom. The van der Waals surface area contributed by atoms with E-state index < -0.39 is 11.5 Å². The molecule has 0 aromatic rings. The highest BCUT2D eigenvalue weighted by molar-refractivity contribution is 5.32. The summed E-state index contributed by atoms with van der Waals surface area (Å²) in [5.74, 6) is 1.81. The van der Waals surface area contributed by atoms with Crippen LogP contribution in [0.1, 0.15) is 92.4 Å². The van der Waals surface area contributed by atoms with Gasteiger partial charge in [0.25, 0.3) is 0 Å². The average Bonchev–Trinajstić information content (AvgIpc) is 3.32. The first kappa shape index (κ1) is 24.1. The van der Waals surface area contributed by atoms with Crippen LogP contribution in [0.25, 0.3) is 0 Å². The summed E-state index contributed by atoms with van der Waals surface area (Å²) in [5, 5.41) is 33.0. The van der Waals surface area contributed by atoms with E-state index in [9.17, 15) is 15.3 Å². The fourth-order valence-corrected chi connectivity index (χ4v) is 10.9. The van der Waals surface area contributed by atoms with Crippen molar-refractivity contribution >= 4 is 0 Å². The van der Waals surface area contributed by atoms with Gasteiger partial charge < -0.3 is 15.3 Å². The normalized spacial score (nSPS) is 55.9. The molecule has 5 fully saturated rings. The first-order valence-electron chi connectivity index (χ1n) is 13.7. The van der Waals surface area contributed by atoms with Crippen molar-refractivity contribution in [2.45, 2.75) is 105 Å². The molecule has 0 bridgehead atoms. The molecule has 0 aliphatic heterocycles. The average molecular weight is 457 g/mol. The Bertz CT molecular complexity index is 849. The topological polar surface area (TPSA) is 60.7 Å². The van der Waals surface area contributed by atoms with Gasteiger partial charge in [-0.3, -0.25) is 0 Å². The van der Waals surface area contributed by atoms with Crippen molar-refractivity contribution in [1.29, 1.82) is 0 Å². The zero-order valence-corrected chi connectivity index (χ0v) is 21.7. The van der Waals surface area contributed by atoms with E-state index in [0.717, 1.165) is 25.7 Å². The molecule has 0 unspecified atom stereocenters. The molecule has 0 aromatic heterocycles. The minimum Gasteiger partial charge on any atom is -0.396 e. The van der Waals surface area contributed by atoms with E-state index in [2.05, 4.69) is 53.3 Å². The van der Waals surface area contributed by atoms with Gasteiger partial charge in [-0.1, -0.05) is 52.0 Å². The summed E-state index contributed by atoms with van der Waals surface area (Å²) in [5.41, 5.74) is 1.59. The zero-order chi connectivity index (χ0) is 24.0. The van der Waals surface area contributed by atoms with E-state index in [4.69, 9.17) is 0 Å². The molecule has 0 amide bonds. The van der Waals surface area contributed by atoms with Crippen LogP contribution >= 0.6 is 0 Å². The standard InChI is InChI=1S/C30H48O3/c1-19(2)8-7-9-20(3)21-10-12-28(6)25-22(32)16-23-26(4,18-31)24(33)11-13-29(23)17-30(25,29)15-14-27(21,28)5/h7,9,20-25,31-33H,1,8,10-18H2,2-6H3/b9-7+/t20-,21-,22+,23+,24+,25+,26+,27-,28+,29-,30+/m1/s1. The Hall–Kier alpha value is -0.640. The van der Waals surface area contributed by atoms with Crippen molar-refractivity contribution in [3.63, 3.8) is 0 Å². The number of hydrogen-bond acceptors (Lipinski definition) is 3. The second kappa shape index (κ2) is 7.43. The molecule has 0 aromatic carbocycles. The fourth-order valence-electron chi connectivity index (χ4n) is 10.9. The monoisotopic (exact) mass is 456 g/mol. The van der Waals surface area contributed by atoms with Crippen LogP contribution in [-0.2, 0) is 0 Å². The summed E-state index contributed by atoms with van der Waals surface area (Å²) in [7, 11) is 0. The second-order valence-electron chi connectivity index (χ2n) is 14.0. The molecule has 3 heteroatoms. The summed E-state index contributed by atoms with van der Waals surface area (Å²) in [4.78, 5) is 0. The lowest BCUT2D eigenvalue weighted by molar-refractivity contribution is -0.209. The molecule has 5 aliphatic rings. The van der Waals surface area contributed by atoms with Crippen LogP contribution in [0.4, 0.5) is 0 Å². The molecule has 5 saturated carbocycles. The Balaban J connectivity index is 1.47. The van der Waals surface area contributed by atoms with Gasteiger partial charge in [0.2, 0.25) is 0 Å². The van der Waals surface area contributed by atoms with Gasteiger partial charge >= 0.3 is 0 Å². The molecule has 11 atom stereocenters. The lowest BCUT2D eigenvalue weighted by Crippen LogP contribution is -2.62. The summed E-state index contributed by atoms with van der Waals surface area (Å²) in [6.07, 6.45) is 13.7. The molecule has 0 saturated heterocycles. The number of allylic oxidation sites excluding steroid dienone is 3. The minimum absolute atomic E-state index is 0.0269. The first-order chi connectivity index (χ1) is 15.4. The van der Waals surface area contributed by atoms with Crippen molar-refractivity contribution in [2.24, 2.45) is 50.7 Å². The molecular weight excluding hydrogens is 408 g/mol. The maximum absolute atomic E-state index is 11.8. The van der Waals surface area contributed by atoms with Crippen molar-refractivity contribution in [3.05, 3.63) is 24.3 Å². The fraction of sp³-hybridized carbons (Fsp3) is 0.867. The molecule has 3 N–H and O–H groups in total. The van der Waals surface area contributed by atoms with Gasteiger partial charge in [-0.25, -0.2) is 0 Å². The molecule has 33 heavy (non-hydrogen) atoms. The van der Waals surface area contributed by atoms with Crippen molar-refractivity contribution in [1.82, 2.24) is 0 Å². The Kier molecular flexibility index (Phi) is 5.42. The Morgan fingerprint density at radius 3 is 2.42 bits per heavy atom. The summed E-state index contributed by atoms with van der Waals surface area (Å²) >= 11 is 0. The van der Waals surface area contributed by atoms with Gasteiger partial charge in [-0.05, 0) is 110 Å². The lowest BCUT2D eigenvalue weighted by atomic mass is 9.41. The van der Waals surface area contributed by atoms with Gasteiger partial charge in [0.15, 0.2) is 0 Å². The maximum atomic E-state index is 11.8. The highest BCUT2D eigenvalue weighted by Gasteiger charge is 2.84. The molecule has 0 radical (unpaired) electrons. The third kappa shape index (κ3) is 2.85. The van der Waals surface area contributed by atoms with Crippen LogP contribution in [0, 0.1) is 50.7 Å². The predicted molar refractivity (Wildman–Crippen MR) is 133 cm³/mol. The van der Waals surface area contributed by atoms with Crippen LogP contribution in [0.15, 0.2) is 24.3 Å². The van der Waals surface area contributed by atoms with Crippen LogP contribution in [0.2, 0.25) is 0 Å². The Labute approximate surface area is 201 Å². The quantitative estimate of drug-likeness (QED) is 0.452. The van der Waals surface area contributed by atoms with E-state index in [1.165, 1.54) is 37.7 Å². The highest BCUT2D eigenvalue weighted by Crippen LogP contribution is 2.89. The number of rotatable bonds is 5. The third-order valence-corrected chi connectivity index (χ3v) is 12.8. The number of aliphatic hydroxyl groups is 3. The SMILES string of the molecule is C=C(C)C/C=C/[C@@H](C)[C@H]1CC[C@@]2(C)[C@@H]3[C@@H](O)C[C@H]4[C@](C)(CO)[C@@H](O)CC[C@@]45C[C@@]35CC[C@]12C. The second-order valence-corrected chi connectivity index (χ2v) is 14.0. The van der Waals surface area contributed by atoms with Crippen molar-refractivity contribution in [3.8, 4) is 0 Å². The van der Waals surface area contributed by atoms with E-state index in [1.54, 1.807) is 0 Å². The summed E-state index contributed by atoms with van der Waals surface area (Å²) in [6.45, 7) is 15.7. The molecular formula is C30H48O3. The van der Waals surface area contributed by atoms with Crippen LogP contribution in [0.3, 0.4) is 0 Å². The van der Waals surface area contributed by atoms with Gasteiger partial charge in [0, 0.05) is 5.41 Å². The molecule has 0 heterocycles. The molecule has 5 aliphatic carbocycles. The van der Waals surface area contributed by atoms with E-state index in [0.29, 0.717) is 17.8 Å². The van der Waals surface area contributed by atoms with E-state index in [1.807, 2.05) is 0 Å². The first-order valence-corrected chi connectivity index (χ1v) is 13.7. The number of hydrogen-bond donors (Lipinski definition) is 3. The van der Waals surface area contributed by atoms with Crippen LogP contribution < -0.4 is 0 Å². The van der Waals surface area contributed by atoms with E-state index >= 15 is 0 Å². The van der Waals surface area contributed by atoms with Gasteiger partial charge in [-0.15, -0.1) is 0 Å².